The summed E-state index contributed by atoms with van der Waals surface area (Å²) < 4.78 is 5.86. The standard InChI is InChI=1S/C15H22N2O2S2/c1-15(2,3)19-13-4-5-16-9-12(13)17-14(18)8-11-10-20-6-7-21-11/h4-5,9,11H,6-8,10H2,1-3H3,(H,17,18)/t11-/m1/s1. The summed E-state index contributed by atoms with van der Waals surface area (Å²) in [5.41, 5.74) is 0.336. The zero-order valence-corrected chi connectivity index (χ0v) is 14.4. The Labute approximate surface area is 134 Å². The lowest BCUT2D eigenvalue weighted by Crippen LogP contribution is -2.25. The van der Waals surface area contributed by atoms with E-state index >= 15 is 0 Å². The summed E-state index contributed by atoms with van der Waals surface area (Å²) in [5.74, 6) is 4.07. The molecule has 0 unspecified atom stereocenters. The summed E-state index contributed by atoms with van der Waals surface area (Å²) in [7, 11) is 0. The summed E-state index contributed by atoms with van der Waals surface area (Å²) in [4.78, 5) is 16.3. The molecule has 2 heterocycles. The molecule has 1 aliphatic rings. The summed E-state index contributed by atoms with van der Waals surface area (Å²) >= 11 is 3.81. The number of aromatic nitrogens is 1. The van der Waals surface area contributed by atoms with Crippen molar-refractivity contribution in [1.82, 2.24) is 4.98 Å². The largest absolute Gasteiger partial charge is 0.486 e. The van der Waals surface area contributed by atoms with E-state index in [0.717, 1.165) is 11.5 Å². The highest BCUT2D eigenvalue weighted by molar-refractivity contribution is 8.06. The number of pyridine rings is 1. The van der Waals surface area contributed by atoms with Crippen LogP contribution < -0.4 is 10.1 Å². The molecule has 1 aromatic rings. The zero-order valence-electron chi connectivity index (χ0n) is 12.7. The molecule has 4 nitrogen and oxygen atoms in total. The van der Waals surface area contributed by atoms with Crippen LogP contribution in [0.1, 0.15) is 27.2 Å². The maximum absolute atomic E-state index is 12.2. The lowest BCUT2D eigenvalue weighted by molar-refractivity contribution is -0.116. The minimum Gasteiger partial charge on any atom is -0.486 e. The zero-order chi connectivity index (χ0) is 15.3. The van der Waals surface area contributed by atoms with Gasteiger partial charge in [-0.15, -0.1) is 0 Å². The van der Waals surface area contributed by atoms with Crippen molar-refractivity contribution in [1.29, 1.82) is 0 Å². The number of hydrogen-bond donors (Lipinski definition) is 1. The van der Waals surface area contributed by atoms with E-state index in [2.05, 4.69) is 10.3 Å². The lowest BCUT2D eigenvalue weighted by Gasteiger charge is -2.24. The van der Waals surface area contributed by atoms with Crippen molar-refractivity contribution in [3.05, 3.63) is 18.5 Å². The SMILES string of the molecule is CC(C)(C)Oc1ccncc1NC(=O)C[C@@H]1CSCCS1. The fourth-order valence-electron chi connectivity index (χ4n) is 1.96. The van der Waals surface area contributed by atoms with Gasteiger partial charge in [-0.05, 0) is 20.8 Å². The van der Waals surface area contributed by atoms with E-state index in [4.69, 9.17) is 4.74 Å². The number of ether oxygens (including phenoxy) is 1. The van der Waals surface area contributed by atoms with Crippen LogP contribution in [0.25, 0.3) is 0 Å². The Morgan fingerprint density at radius 1 is 1.48 bits per heavy atom. The van der Waals surface area contributed by atoms with Crippen LogP contribution in [0.4, 0.5) is 5.69 Å². The third-order valence-corrected chi connectivity index (χ3v) is 5.61. The summed E-state index contributed by atoms with van der Waals surface area (Å²) in [6.45, 7) is 5.94. The fourth-order valence-corrected chi connectivity index (χ4v) is 4.64. The second-order valence-electron chi connectivity index (χ2n) is 5.91. The molecule has 1 aliphatic heterocycles. The highest BCUT2D eigenvalue weighted by Crippen LogP contribution is 2.29. The summed E-state index contributed by atoms with van der Waals surface area (Å²) in [6, 6.07) is 1.78. The highest BCUT2D eigenvalue weighted by Gasteiger charge is 2.20. The van der Waals surface area contributed by atoms with Gasteiger partial charge in [-0.25, -0.2) is 0 Å². The van der Waals surface area contributed by atoms with Crippen molar-refractivity contribution < 1.29 is 9.53 Å². The van der Waals surface area contributed by atoms with E-state index in [1.54, 1.807) is 18.5 Å². The first-order valence-corrected chi connectivity index (χ1v) is 9.26. The molecular formula is C15H22N2O2S2. The molecule has 1 atom stereocenters. The van der Waals surface area contributed by atoms with E-state index < -0.39 is 0 Å². The lowest BCUT2D eigenvalue weighted by atomic mass is 10.2. The van der Waals surface area contributed by atoms with Crippen LogP contribution in [0.3, 0.4) is 0 Å². The highest BCUT2D eigenvalue weighted by atomic mass is 32.2. The monoisotopic (exact) mass is 326 g/mol. The predicted molar refractivity (Wildman–Crippen MR) is 91.4 cm³/mol. The van der Waals surface area contributed by atoms with Crippen molar-refractivity contribution in [3.63, 3.8) is 0 Å². The third-order valence-electron chi connectivity index (χ3n) is 2.77. The first-order valence-electron chi connectivity index (χ1n) is 7.06. The van der Waals surface area contributed by atoms with Crippen LogP contribution >= 0.6 is 23.5 Å². The number of rotatable bonds is 4. The van der Waals surface area contributed by atoms with Crippen molar-refractivity contribution >= 4 is 35.1 Å². The number of carbonyl (C=O) groups is 1. The van der Waals surface area contributed by atoms with Crippen LogP contribution in [0.5, 0.6) is 5.75 Å². The molecule has 2 rings (SSSR count). The quantitative estimate of drug-likeness (QED) is 0.918. The average molecular weight is 326 g/mol. The molecule has 1 N–H and O–H groups in total. The maximum atomic E-state index is 12.2. The molecule has 116 valence electrons. The van der Waals surface area contributed by atoms with Crippen molar-refractivity contribution in [2.45, 2.75) is 38.0 Å². The number of amides is 1. The van der Waals surface area contributed by atoms with Gasteiger partial charge in [-0.2, -0.15) is 23.5 Å². The topological polar surface area (TPSA) is 51.2 Å². The molecule has 21 heavy (non-hydrogen) atoms. The third kappa shape index (κ3) is 5.79. The number of nitrogens with one attached hydrogen (secondary N) is 1. The minimum atomic E-state index is -0.309. The molecule has 1 amide bonds. The Balaban J connectivity index is 1.96. The van der Waals surface area contributed by atoms with Gasteiger partial charge in [0.05, 0.1) is 6.20 Å². The Morgan fingerprint density at radius 3 is 2.95 bits per heavy atom. The molecule has 0 aromatic carbocycles. The molecule has 1 fully saturated rings. The van der Waals surface area contributed by atoms with Gasteiger partial charge in [0.1, 0.15) is 17.0 Å². The first kappa shape index (κ1) is 16.5. The van der Waals surface area contributed by atoms with Gasteiger partial charge in [0, 0.05) is 41.2 Å². The average Bonchev–Trinajstić information content (AvgIpc) is 2.40. The van der Waals surface area contributed by atoms with Gasteiger partial charge in [0.15, 0.2) is 0 Å². The molecule has 0 bridgehead atoms. The molecule has 1 saturated heterocycles. The Bertz CT molecular complexity index is 483. The number of thioether (sulfide) groups is 2. The van der Waals surface area contributed by atoms with E-state index in [1.165, 1.54) is 5.75 Å². The van der Waals surface area contributed by atoms with Gasteiger partial charge < -0.3 is 10.1 Å². The Kier molecular flexibility index (Phi) is 5.81. The molecule has 0 spiro atoms. The minimum absolute atomic E-state index is 0.0294. The second kappa shape index (κ2) is 7.40. The van der Waals surface area contributed by atoms with Crippen molar-refractivity contribution in [2.24, 2.45) is 0 Å². The van der Waals surface area contributed by atoms with E-state index in [9.17, 15) is 4.79 Å². The predicted octanol–water partition coefficient (Wildman–Crippen LogP) is 3.44. The van der Waals surface area contributed by atoms with E-state index in [0.29, 0.717) is 23.1 Å². The van der Waals surface area contributed by atoms with Gasteiger partial charge >= 0.3 is 0 Å². The van der Waals surface area contributed by atoms with Gasteiger partial charge in [-0.3, -0.25) is 9.78 Å². The molecule has 0 radical (unpaired) electrons. The van der Waals surface area contributed by atoms with E-state index in [-0.39, 0.29) is 11.5 Å². The molecule has 6 heteroatoms. The fraction of sp³-hybridized carbons (Fsp3) is 0.600. The summed E-state index contributed by atoms with van der Waals surface area (Å²) in [5, 5.41) is 3.34. The van der Waals surface area contributed by atoms with Crippen LogP contribution in [-0.4, -0.2) is 39.0 Å². The first-order chi connectivity index (χ1) is 9.94. The normalized spacial score (nSPS) is 19.1. The van der Waals surface area contributed by atoms with Gasteiger partial charge in [-0.1, -0.05) is 0 Å². The van der Waals surface area contributed by atoms with Crippen molar-refractivity contribution in [3.8, 4) is 5.75 Å². The number of anilines is 1. The smallest absolute Gasteiger partial charge is 0.225 e. The molecular weight excluding hydrogens is 304 g/mol. The van der Waals surface area contributed by atoms with Crippen LogP contribution in [0.2, 0.25) is 0 Å². The van der Waals surface area contributed by atoms with Gasteiger partial charge in [0.25, 0.3) is 0 Å². The Morgan fingerprint density at radius 2 is 2.29 bits per heavy atom. The Hall–Kier alpha value is -0.880. The van der Waals surface area contributed by atoms with Crippen LogP contribution in [0, 0.1) is 0 Å². The second-order valence-corrected chi connectivity index (χ2v) is 8.46. The van der Waals surface area contributed by atoms with Gasteiger partial charge in [0.2, 0.25) is 5.91 Å². The van der Waals surface area contributed by atoms with Crippen LogP contribution in [-0.2, 0) is 4.79 Å². The van der Waals surface area contributed by atoms with E-state index in [1.807, 2.05) is 44.3 Å². The molecule has 1 aromatic heterocycles. The number of hydrogen-bond acceptors (Lipinski definition) is 5. The van der Waals surface area contributed by atoms with Crippen LogP contribution in [0.15, 0.2) is 18.5 Å². The number of nitrogens with zero attached hydrogens (tertiary/aromatic N) is 1. The molecule has 0 saturated carbocycles. The molecule has 0 aliphatic carbocycles. The number of carbonyl (C=O) groups excluding carboxylic acids is 1. The maximum Gasteiger partial charge on any atom is 0.225 e. The van der Waals surface area contributed by atoms with Crippen molar-refractivity contribution in [2.75, 3.05) is 22.6 Å². The summed E-state index contributed by atoms with van der Waals surface area (Å²) in [6.07, 6.45) is 3.85.